The second-order valence-corrected chi connectivity index (χ2v) is 8.04. The number of morpholine rings is 1. The van der Waals surface area contributed by atoms with Crippen molar-refractivity contribution in [2.75, 3.05) is 39.4 Å². The summed E-state index contributed by atoms with van der Waals surface area (Å²) in [5, 5.41) is 3.04. The van der Waals surface area contributed by atoms with Gasteiger partial charge < -0.3 is 14.5 Å². The Bertz CT molecular complexity index is 1030. The van der Waals surface area contributed by atoms with Crippen LogP contribution in [0.1, 0.15) is 35.6 Å². The molecular formula is C24H29FN4O2. The summed E-state index contributed by atoms with van der Waals surface area (Å²) in [7, 11) is 0. The third-order valence-electron chi connectivity index (χ3n) is 5.83. The van der Waals surface area contributed by atoms with Crippen molar-refractivity contribution >= 4 is 11.6 Å². The van der Waals surface area contributed by atoms with E-state index in [1.54, 1.807) is 12.3 Å². The maximum absolute atomic E-state index is 14.0. The van der Waals surface area contributed by atoms with E-state index >= 15 is 0 Å². The van der Waals surface area contributed by atoms with Crippen LogP contribution in [0, 0.1) is 12.7 Å². The Kier molecular flexibility index (Phi) is 6.94. The number of hydrogen-bond acceptors (Lipinski definition) is 4. The summed E-state index contributed by atoms with van der Waals surface area (Å²) >= 11 is 0. The van der Waals surface area contributed by atoms with Crippen LogP contribution >= 0.6 is 0 Å². The third-order valence-corrected chi connectivity index (χ3v) is 5.83. The second kappa shape index (κ2) is 10.0. The molecule has 164 valence electrons. The highest BCUT2D eigenvalue weighted by atomic mass is 19.1. The lowest BCUT2D eigenvalue weighted by Crippen LogP contribution is -2.38. The SMILES string of the molecule is Cc1cccn2c(C(CC(=O)NCCCN3CCOCC3)c3cccc(F)c3)cnc12. The van der Waals surface area contributed by atoms with Crippen LogP contribution < -0.4 is 5.32 Å². The van der Waals surface area contributed by atoms with Gasteiger partial charge in [0, 0.05) is 44.4 Å². The molecule has 31 heavy (non-hydrogen) atoms. The van der Waals surface area contributed by atoms with E-state index in [1.165, 1.54) is 12.1 Å². The van der Waals surface area contributed by atoms with Crippen LogP contribution in [-0.2, 0) is 9.53 Å². The van der Waals surface area contributed by atoms with Crippen molar-refractivity contribution in [1.29, 1.82) is 0 Å². The van der Waals surface area contributed by atoms with Crippen LogP contribution in [0.4, 0.5) is 4.39 Å². The molecule has 0 saturated carbocycles. The quantitative estimate of drug-likeness (QED) is 0.565. The van der Waals surface area contributed by atoms with Crippen molar-refractivity contribution in [3.05, 3.63) is 71.4 Å². The lowest BCUT2D eigenvalue weighted by Gasteiger charge is -2.26. The van der Waals surface area contributed by atoms with E-state index in [-0.39, 0.29) is 24.1 Å². The maximum atomic E-state index is 14.0. The van der Waals surface area contributed by atoms with Gasteiger partial charge in [0.05, 0.1) is 18.9 Å². The molecule has 1 atom stereocenters. The molecule has 2 aromatic heterocycles. The number of carbonyl (C=O) groups is 1. The number of nitrogens with one attached hydrogen (secondary N) is 1. The fourth-order valence-electron chi connectivity index (χ4n) is 4.16. The molecule has 1 saturated heterocycles. The summed E-state index contributed by atoms with van der Waals surface area (Å²) < 4.78 is 21.3. The van der Waals surface area contributed by atoms with Gasteiger partial charge in [0.25, 0.3) is 0 Å². The molecule has 4 rings (SSSR count). The predicted molar refractivity (Wildman–Crippen MR) is 118 cm³/mol. The molecule has 0 spiro atoms. The molecule has 1 unspecified atom stereocenters. The molecule has 0 bridgehead atoms. The first-order chi connectivity index (χ1) is 15.1. The number of carbonyl (C=O) groups excluding carboxylic acids is 1. The zero-order valence-corrected chi connectivity index (χ0v) is 17.9. The lowest BCUT2D eigenvalue weighted by molar-refractivity contribution is -0.121. The number of fused-ring (bicyclic) bond motifs is 1. The number of hydrogen-bond donors (Lipinski definition) is 1. The Morgan fingerprint density at radius 2 is 2.10 bits per heavy atom. The minimum Gasteiger partial charge on any atom is -0.379 e. The zero-order valence-electron chi connectivity index (χ0n) is 17.9. The summed E-state index contributed by atoms with van der Waals surface area (Å²) in [4.78, 5) is 19.7. The van der Waals surface area contributed by atoms with Crippen molar-refractivity contribution in [1.82, 2.24) is 19.6 Å². The standard InChI is InChI=1S/C24H29FN4O2/c1-18-5-3-10-29-22(17-27-24(18)29)21(19-6-2-7-20(25)15-19)16-23(30)26-8-4-9-28-11-13-31-14-12-28/h2-3,5-7,10,15,17,21H,4,8-9,11-14,16H2,1H3,(H,26,30). The number of halogens is 1. The predicted octanol–water partition coefficient (Wildman–Crippen LogP) is 3.14. The van der Waals surface area contributed by atoms with E-state index in [4.69, 9.17) is 4.74 Å². The number of ether oxygens (including phenoxy) is 1. The minimum absolute atomic E-state index is 0.0427. The van der Waals surface area contributed by atoms with Crippen LogP contribution in [0.15, 0.2) is 48.8 Å². The van der Waals surface area contributed by atoms with Crippen molar-refractivity contribution in [3.63, 3.8) is 0 Å². The summed E-state index contributed by atoms with van der Waals surface area (Å²) in [5.74, 6) is -0.635. The fourth-order valence-corrected chi connectivity index (χ4v) is 4.16. The summed E-state index contributed by atoms with van der Waals surface area (Å²) in [5.41, 5.74) is 3.56. The van der Waals surface area contributed by atoms with E-state index in [1.807, 2.05) is 35.7 Å². The lowest BCUT2D eigenvalue weighted by atomic mass is 9.92. The van der Waals surface area contributed by atoms with Gasteiger partial charge in [-0.15, -0.1) is 0 Å². The number of benzene rings is 1. The molecule has 0 radical (unpaired) electrons. The first-order valence-corrected chi connectivity index (χ1v) is 10.9. The van der Waals surface area contributed by atoms with Crippen LogP contribution in [0.25, 0.3) is 5.65 Å². The maximum Gasteiger partial charge on any atom is 0.221 e. The van der Waals surface area contributed by atoms with Crippen molar-refractivity contribution < 1.29 is 13.9 Å². The summed E-state index contributed by atoms with van der Waals surface area (Å²) in [6.07, 6.45) is 4.87. The van der Waals surface area contributed by atoms with Gasteiger partial charge in [-0.25, -0.2) is 9.37 Å². The number of amides is 1. The molecule has 1 N–H and O–H groups in total. The van der Waals surface area contributed by atoms with Crippen molar-refractivity contribution in [2.45, 2.75) is 25.7 Å². The normalized spacial score (nSPS) is 15.8. The van der Waals surface area contributed by atoms with Gasteiger partial charge in [-0.3, -0.25) is 9.69 Å². The molecule has 1 amide bonds. The van der Waals surface area contributed by atoms with Gasteiger partial charge in [-0.1, -0.05) is 18.2 Å². The van der Waals surface area contributed by atoms with Crippen molar-refractivity contribution in [3.8, 4) is 0 Å². The number of aromatic nitrogens is 2. The average Bonchev–Trinajstić information content (AvgIpc) is 3.21. The molecule has 7 heteroatoms. The van der Waals surface area contributed by atoms with Gasteiger partial charge in [-0.05, 0) is 49.2 Å². The van der Waals surface area contributed by atoms with Gasteiger partial charge in [0.1, 0.15) is 11.5 Å². The molecule has 3 heterocycles. The van der Waals surface area contributed by atoms with Crippen LogP contribution in [0.2, 0.25) is 0 Å². The van der Waals surface area contributed by atoms with Gasteiger partial charge in [0.15, 0.2) is 0 Å². The monoisotopic (exact) mass is 424 g/mol. The number of pyridine rings is 1. The van der Waals surface area contributed by atoms with Gasteiger partial charge in [0.2, 0.25) is 5.91 Å². The average molecular weight is 425 g/mol. The van der Waals surface area contributed by atoms with Gasteiger partial charge in [-0.2, -0.15) is 0 Å². The van der Waals surface area contributed by atoms with E-state index in [0.717, 1.165) is 61.7 Å². The fraction of sp³-hybridized carbons (Fsp3) is 0.417. The molecule has 6 nitrogen and oxygen atoms in total. The molecule has 1 aromatic carbocycles. The molecule has 1 fully saturated rings. The Labute approximate surface area is 182 Å². The Morgan fingerprint density at radius 3 is 2.90 bits per heavy atom. The van der Waals surface area contributed by atoms with Crippen LogP contribution in [0.3, 0.4) is 0 Å². The highest BCUT2D eigenvalue weighted by molar-refractivity contribution is 5.77. The molecule has 1 aliphatic rings. The topological polar surface area (TPSA) is 58.9 Å². The highest BCUT2D eigenvalue weighted by Crippen LogP contribution is 2.29. The van der Waals surface area contributed by atoms with Crippen LogP contribution in [0.5, 0.6) is 0 Å². The van der Waals surface area contributed by atoms with E-state index in [9.17, 15) is 9.18 Å². The van der Waals surface area contributed by atoms with Crippen molar-refractivity contribution in [2.24, 2.45) is 0 Å². The Morgan fingerprint density at radius 1 is 1.26 bits per heavy atom. The third kappa shape index (κ3) is 5.29. The highest BCUT2D eigenvalue weighted by Gasteiger charge is 2.22. The largest absolute Gasteiger partial charge is 0.379 e. The van der Waals surface area contributed by atoms with E-state index in [0.29, 0.717) is 6.54 Å². The first-order valence-electron chi connectivity index (χ1n) is 10.9. The zero-order chi connectivity index (χ0) is 21.6. The summed E-state index contributed by atoms with van der Waals surface area (Å²) in [6, 6.07) is 10.4. The van der Waals surface area contributed by atoms with Gasteiger partial charge >= 0.3 is 0 Å². The number of nitrogens with zero attached hydrogens (tertiary/aromatic N) is 3. The van der Waals surface area contributed by atoms with Crippen LogP contribution in [-0.4, -0.2) is 59.6 Å². The minimum atomic E-state index is -0.307. The summed E-state index contributed by atoms with van der Waals surface area (Å²) in [6.45, 7) is 7.03. The smallest absolute Gasteiger partial charge is 0.221 e. The molecule has 0 aliphatic carbocycles. The van der Waals surface area contributed by atoms with E-state index < -0.39 is 0 Å². The second-order valence-electron chi connectivity index (χ2n) is 8.04. The molecule has 1 aliphatic heterocycles. The number of aryl methyl sites for hydroxylation is 1. The van der Waals surface area contributed by atoms with E-state index in [2.05, 4.69) is 15.2 Å². The molecular weight excluding hydrogens is 395 g/mol. The number of imidazole rings is 1. The Hall–Kier alpha value is -2.77. The number of rotatable bonds is 8. The first kappa shape index (κ1) is 21.5. The molecule has 3 aromatic rings. The Balaban J connectivity index is 1.46.